The molecule has 0 aromatic carbocycles. The summed E-state index contributed by atoms with van der Waals surface area (Å²) in [6.45, 7) is 4.23. The maximum atomic E-state index is 11.9. The summed E-state index contributed by atoms with van der Waals surface area (Å²) in [6, 6.07) is 0. The van der Waals surface area contributed by atoms with E-state index in [-0.39, 0.29) is 17.7 Å². The molecule has 2 atom stereocenters. The molecule has 0 unspecified atom stereocenters. The van der Waals surface area contributed by atoms with Crippen LogP contribution in [0.25, 0.3) is 0 Å². The largest absolute Gasteiger partial charge is 0.481 e. The Labute approximate surface area is 127 Å². The molecule has 1 saturated carbocycles. The molecule has 5 nitrogen and oxygen atoms in total. The first-order valence-electron chi connectivity index (χ1n) is 8.28. The second kappa shape index (κ2) is 7.78. The Kier molecular flexibility index (Phi) is 6.03. The van der Waals surface area contributed by atoms with Crippen molar-refractivity contribution in [2.45, 2.75) is 45.4 Å². The monoisotopic (exact) mass is 296 g/mol. The van der Waals surface area contributed by atoms with Gasteiger partial charge in [0.05, 0.1) is 12.5 Å². The Hall–Kier alpha value is -1.10. The maximum Gasteiger partial charge on any atom is 0.308 e. The maximum absolute atomic E-state index is 11.9. The molecular weight excluding hydrogens is 268 g/mol. The molecule has 2 rings (SSSR count). The fourth-order valence-electron chi connectivity index (χ4n) is 3.67. The van der Waals surface area contributed by atoms with Gasteiger partial charge in [-0.1, -0.05) is 39.0 Å². The van der Waals surface area contributed by atoms with Gasteiger partial charge >= 0.3 is 5.97 Å². The summed E-state index contributed by atoms with van der Waals surface area (Å²) in [7, 11) is 0. The molecule has 1 amide bonds. The topological polar surface area (TPSA) is 69.6 Å². The van der Waals surface area contributed by atoms with E-state index in [2.05, 4.69) is 5.32 Å². The second-order valence-corrected chi connectivity index (χ2v) is 6.76. The molecule has 1 heterocycles. The summed E-state index contributed by atoms with van der Waals surface area (Å²) in [6.07, 6.45) is 7.72. The van der Waals surface area contributed by atoms with E-state index in [0.717, 1.165) is 18.9 Å². The van der Waals surface area contributed by atoms with Gasteiger partial charge in [0.15, 0.2) is 0 Å². The van der Waals surface area contributed by atoms with Crippen molar-refractivity contribution in [2.24, 2.45) is 17.8 Å². The Morgan fingerprint density at radius 2 is 1.90 bits per heavy atom. The Bertz CT molecular complexity index is 367. The highest BCUT2D eigenvalue weighted by Crippen LogP contribution is 2.26. The number of likely N-dealkylation sites (tertiary alicyclic amines) is 1. The van der Waals surface area contributed by atoms with Crippen molar-refractivity contribution in [2.75, 3.05) is 26.2 Å². The van der Waals surface area contributed by atoms with Gasteiger partial charge in [-0.25, -0.2) is 0 Å². The van der Waals surface area contributed by atoms with Crippen LogP contribution >= 0.6 is 0 Å². The van der Waals surface area contributed by atoms with Crippen molar-refractivity contribution in [3.63, 3.8) is 0 Å². The molecule has 120 valence electrons. The van der Waals surface area contributed by atoms with Gasteiger partial charge in [0.25, 0.3) is 0 Å². The smallest absolute Gasteiger partial charge is 0.308 e. The van der Waals surface area contributed by atoms with Gasteiger partial charge in [-0.3, -0.25) is 14.5 Å². The van der Waals surface area contributed by atoms with Crippen LogP contribution in [0.2, 0.25) is 0 Å². The van der Waals surface area contributed by atoms with Gasteiger partial charge in [-0.2, -0.15) is 0 Å². The van der Waals surface area contributed by atoms with Gasteiger partial charge in [-0.05, 0) is 18.3 Å². The fraction of sp³-hybridized carbons (Fsp3) is 0.875. The van der Waals surface area contributed by atoms with E-state index < -0.39 is 5.97 Å². The molecule has 1 aliphatic carbocycles. The third-order valence-corrected chi connectivity index (χ3v) is 4.97. The highest BCUT2D eigenvalue weighted by molar-refractivity contribution is 5.78. The van der Waals surface area contributed by atoms with Crippen LogP contribution in [0.4, 0.5) is 0 Å². The summed E-state index contributed by atoms with van der Waals surface area (Å²) >= 11 is 0. The molecule has 1 aliphatic heterocycles. The molecule has 21 heavy (non-hydrogen) atoms. The van der Waals surface area contributed by atoms with Crippen molar-refractivity contribution in [1.82, 2.24) is 10.2 Å². The van der Waals surface area contributed by atoms with Crippen LogP contribution in [0.15, 0.2) is 0 Å². The zero-order valence-electron chi connectivity index (χ0n) is 13.0. The third-order valence-electron chi connectivity index (χ3n) is 4.97. The number of aliphatic carboxylic acids is 1. The van der Waals surface area contributed by atoms with Crippen molar-refractivity contribution in [3.8, 4) is 0 Å². The van der Waals surface area contributed by atoms with Crippen molar-refractivity contribution in [3.05, 3.63) is 0 Å². The minimum absolute atomic E-state index is 0.0315. The lowest BCUT2D eigenvalue weighted by molar-refractivity contribution is -0.142. The third kappa shape index (κ3) is 4.99. The lowest BCUT2D eigenvalue weighted by atomic mass is 9.87. The van der Waals surface area contributed by atoms with Crippen LogP contribution in [0.1, 0.15) is 45.4 Å². The van der Waals surface area contributed by atoms with Crippen LogP contribution in [0.5, 0.6) is 0 Å². The molecule has 0 aromatic heterocycles. The number of carbonyl (C=O) groups is 2. The van der Waals surface area contributed by atoms with Gasteiger partial charge in [-0.15, -0.1) is 0 Å². The van der Waals surface area contributed by atoms with E-state index >= 15 is 0 Å². The molecule has 5 heteroatoms. The molecule has 0 aromatic rings. The number of nitrogens with one attached hydrogen (secondary N) is 1. The molecule has 1 saturated heterocycles. The summed E-state index contributed by atoms with van der Waals surface area (Å²) in [4.78, 5) is 24.9. The molecule has 0 radical (unpaired) electrons. The number of carbonyl (C=O) groups excluding carboxylic acids is 1. The zero-order valence-corrected chi connectivity index (χ0v) is 13.0. The minimum Gasteiger partial charge on any atom is -0.481 e. The predicted octanol–water partition coefficient (Wildman–Crippen LogP) is 1.73. The minimum atomic E-state index is -0.747. The molecular formula is C16H28N2O3. The van der Waals surface area contributed by atoms with E-state index in [4.69, 9.17) is 5.11 Å². The summed E-state index contributed by atoms with van der Waals surface area (Å²) in [5.41, 5.74) is 0. The van der Waals surface area contributed by atoms with Crippen LogP contribution in [-0.2, 0) is 9.59 Å². The number of nitrogens with zero attached hydrogens (tertiary/aromatic N) is 1. The van der Waals surface area contributed by atoms with Gasteiger partial charge in [0, 0.05) is 19.6 Å². The van der Waals surface area contributed by atoms with E-state index in [9.17, 15) is 9.59 Å². The van der Waals surface area contributed by atoms with E-state index in [0.29, 0.717) is 19.6 Å². The number of carboxylic acid groups (broad SMARTS) is 1. The summed E-state index contributed by atoms with van der Waals surface area (Å²) in [5.74, 6) is -0.147. The standard InChI is InChI=1S/C16H28N2O3/c1-12-9-18(10-14(12)16(20)21)11-15(19)17-8-7-13-5-3-2-4-6-13/h12-14H,2-11H2,1H3,(H,17,19)(H,20,21)/t12-,14-/m1/s1. The SMILES string of the molecule is C[C@@H]1CN(CC(=O)NCCC2CCCCC2)C[C@H]1C(=O)O. The Balaban J connectivity index is 1.62. The van der Waals surface area contributed by atoms with Crippen LogP contribution in [-0.4, -0.2) is 48.1 Å². The molecule has 0 bridgehead atoms. The number of hydrogen-bond donors (Lipinski definition) is 2. The quantitative estimate of drug-likeness (QED) is 0.783. The van der Waals surface area contributed by atoms with Gasteiger partial charge in [0.1, 0.15) is 0 Å². The van der Waals surface area contributed by atoms with E-state index in [1.165, 1.54) is 32.1 Å². The second-order valence-electron chi connectivity index (χ2n) is 6.76. The van der Waals surface area contributed by atoms with Crippen LogP contribution < -0.4 is 5.32 Å². The first kappa shape index (κ1) is 16.3. The molecule has 2 aliphatic rings. The van der Waals surface area contributed by atoms with Crippen LogP contribution in [0, 0.1) is 17.8 Å². The average molecular weight is 296 g/mol. The lowest BCUT2D eigenvalue weighted by Gasteiger charge is -2.21. The normalized spacial score (nSPS) is 27.7. The lowest BCUT2D eigenvalue weighted by Crippen LogP contribution is -2.37. The fourth-order valence-corrected chi connectivity index (χ4v) is 3.67. The van der Waals surface area contributed by atoms with E-state index in [1.807, 2.05) is 11.8 Å². The van der Waals surface area contributed by atoms with Crippen molar-refractivity contribution >= 4 is 11.9 Å². The highest BCUT2D eigenvalue weighted by Gasteiger charge is 2.35. The molecule has 2 N–H and O–H groups in total. The summed E-state index contributed by atoms with van der Waals surface area (Å²) < 4.78 is 0. The van der Waals surface area contributed by atoms with Gasteiger partial charge in [0.2, 0.25) is 5.91 Å². The number of carboxylic acids is 1. The van der Waals surface area contributed by atoms with Gasteiger partial charge < -0.3 is 10.4 Å². The average Bonchev–Trinajstić information content (AvgIpc) is 2.81. The molecule has 2 fully saturated rings. The Morgan fingerprint density at radius 1 is 1.19 bits per heavy atom. The first-order chi connectivity index (χ1) is 10.1. The number of rotatable bonds is 6. The van der Waals surface area contributed by atoms with Crippen molar-refractivity contribution < 1.29 is 14.7 Å². The first-order valence-corrected chi connectivity index (χ1v) is 8.28. The predicted molar refractivity (Wildman–Crippen MR) is 80.9 cm³/mol. The Morgan fingerprint density at radius 3 is 2.52 bits per heavy atom. The van der Waals surface area contributed by atoms with E-state index in [1.54, 1.807) is 0 Å². The van der Waals surface area contributed by atoms with Crippen molar-refractivity contribution in [1.29, 1.82) is 0 Å². The number of amides is 1. The molecule has 0 spiro atoms. The summed E-state index contributed by atoms with van der Waals surface area (Å²) in [5, 5.41) is 12.1. The number of hydrogen-bond acceptors (Lipinski definition) is 3. The van der Waals surface area contributed by atoms with Crippen LogP contribution in [0.3, 0.4) is 0 Å². The highest BCUT2D eigenvalue weighted by atomic mass is 16.4. The zero-order chi connectivity index (χ0) is 15.2.